The van der Waals surface area contributed by atoms with Gasteiger partial charge in [-0.15, -0.1) is 0 Å². The minimum Gasteiger partial charge on any atom is -0.395 e. The first-order valence-electron chi connectivity index (χ1n) is 9.27. The van der Waals surface area contributed by atoms with Gasteiger partial charge in [-0.25, -0.2) is 4.98 Å². The molecule has 3 aromatic rings. The van der Waals surface area contributed by atoms with Crippen LogP contribution in [0.15, 0.2) is 42.5 Å². The van der Waals surface area contributed by atoms with Crippen molar-refractivity contribution in [2.45, 2.75) is 19.4 Å². The Hall–Kier alpha value is -2.65. The maximum atomic E-state index is 12.5. The van der Waals surface area contributed by atoms with Gasteiger partial charge in [-0.05, 0) is 29.3 Å². The van der Waals surface area contributed by atoms with Gasteiger partial charge >= 0.3 is 0 Å². The second kappa shape index (κ2) is 9.71. The maximum Gasteiger partial charge on any atom is 0.223 e. The van der Waals surface area contributed by atoms with Crippen molar-refractivity contribution in [3.05, 3.63) is 48.0 Å². The van der Waals surface area contributed by atoms with Crippen LogP contribution in [-0.4, -0.2) is 52.7 Å². The number of ketones is 1. The molecule has 0 unspecified atom stereocenters. The third-order valence-electron chi connectivity index (χ3n) is 4.42. The normalized spacial score (nSPS) is 11.2. The predicted molar refractivity (Wildman–Crippen MR) is 114 cm³/mol. The van der Waals surface area contributed by atoms with Crippen LogP contribution in [0.1, 0.15) is 23.7 Å². The van der Waals surface area contributed by atoms with Crippen LogP contribution < -0.4 is 10.6 Å². The molecule has 0 saturated heterocycles. The number of benzene rings is 2. The molecule has 0 aliphatic heterocycles. The van der Waals surface area contributed by atoms with Crippen molar-refractivity contribution in [3.63, 3.8) is 0 Å². The quantitative estimate of drug-likeness (QED) is 0.401. The Labute approximate surface area is 172 Å². The molecule has 8 heteroatoms. The first kappa shape index (κ1) is 21.1. The molecule has 2 aromatic carbocycles. The van der Waals surface area contributed by atoms with Gasteiger partial charge in [-0.1, -0.05) is 35.6 Å². The lowest BCUT2D eigenvalue weighted by Crippen LogP contribution is -2.36. The number of nitrogens with one attached hydrogen (secondary N) is 2. The number of aliphatic hydroxyl groups is 2. The van der Waals surface area contributed by atoms with Gasteiger partial charge in [0, 0.05) is 25.5 Å². The minimum absolute atomic E-state index is 0.0132. The molecule has 0 aliphatic rings. The van der Waals surface area contributed by atoms with Crippen LogP contribution in [0.3, 0.4) is 0 Å². The summed E-state index contributed by atoms with van der Waals surface area (Å²) < 4.78 is 0.950. The van der Waals surface area contributed by atoms with Crippen molar-refractivity contribution < 1.29 is 19.8 Å². The van der Waals surface area contributed by atoms with Crippen LogP contribution in [0.4, 0.5) is 5.13 Å². The number of thiazole rings is 1. The van der Waals surface area contributed by atoms with Crippen molar-refractivity contribution in [2.75, 3.05) is 25.1 Å². The number of nitrogens with zero attached hydrogens (tertiary/aromatic N) is 1. The molecule has 4 N–H and O–H groups in total. The molecule has 0 saturated carbocycles. The molecule has 0 aliphatic carbocycles. The summed E-state index contributed by atoms with van der Waals surface area (Å²) in [5, 5.41) is 24.3. The van der Waals surface area contributed by atoms with E-state index in [1.807, 2.05) is 36.4 Å². The van der Waals surface area contributed by atoms with Crippen molar-refractivity contribution in [2.24, 2.45) is 0 Å². The minimum atomic E-state index is -0.414. The van der Waals surface area contributed by atoms with Gasteiger partial charge in [0.1, 0.15) is 0 Å². The van der Waals surface area contributed by atoms with E-state index in [0.29, 0.717) is 17.2 Å². The van der Waals surface area contributed by atoms with E-state index in [4.69, 9.17) is 10.2 Å². The fourth-order valence-electron chi connectivity index (χ4n) is 2.90. The van der Waals surface area contributed by atoms with Gasteiger partial charge in [0.05, 0.1) is 29.5 Å². The Kier molecular flexibility index (Phi) is 7.05. The molecule has 0 radical (unpaired) electrons. The first-order valence-corrected chi connectivity index (χ1v) is 10.1. The SMILES string of the molecule is CC(=O)Nc1nc2ccc(-c3cccc(C(=O)CCNC(CO)CO)c3)cc2s1. The summed E-state index contributed by atoms with van der Waals surface area (Å²) in [6, 6.07) is 12.8. The third-order valence-corrected chi connectivity index (χ3v) is 5.35. The Bertz CT molecular complexity index is 1010. The van der Waals surface area contributed by atoms with Crippen molar-refractivity contribution >= 4 is 38.4 Å². The number of rotatable bonds is 9. The number of fused-ring (bicyclic) bond motifs is 1. The maximum absolute atomic E-state index is 12.5. The fraction of sp³-hybridized carbons (Fsp3) is 0.286. The topological polar surface area (TPSA) is 112 Å². The number of aromatic nitrogens is 1. The second-order valence-electron chi connectivity index (χ2n) is 6.65. The summed E-state index contributed by atoms with van der Waals surface area (Å²) in [7, 11) is 0. The highest BCUT2D eigenvalue weighted by Gasteiger charge is 2.11. The summed E-state index contributed by atoms with van der Waals surface area (Å²) in [4.78, 5) is 28.1. The lowest BCUT2D eigenvalue weighted by Gasteiger charge is -2.12. The van der Waals surface area contributed by atoms with Gasteiger partial charge in [-0.2, -0.15) is 0 Å². The Morgan fingerprint density at radius 3 is 2.59 bits per heavy atom. The van der Waals surface area contributed by atoms with E-state index in [1.165, 1.54) is 18.3 Å². The average Bonchev–Trinajstić information content (AvgIpc) is 3.11. The van der Waals surface area contributed by atoms with E-state index in [2.05, 4.69) is 15.6 Å². The molecule has 0 spiro atoms. The average molecular weight is 413 g/mol. The Morgan fingerprint density at radius 1 is 1.10 bits per heavy atom. The number of hydrogen-bond donors (Lipinski definition) is 4. The van der Waals surface area contributed by atoms with E-state index in [-0.39, 0.29) is 31.3 Å². The van der Waals surface area contributed by atoms with Crippen LogP contribution >= 0.6 is 11.3 Å². The molecule has 3 rings (SSSR count). The number of aliphatic hydroxyl groups excluding tert-OH is 2. The summed E-state index contributed by atoms with van der Waals surface area (Å²) in [6.45, 7) is 1.48. The number of carbonyl (C=O) groups excluding carboxylic acids is 2. The molecule has 29 heavy (non-hydrogen) atoms. The zero-order valence-corrected chi connectivity index (χ0v) is 16.8. The van der Waals surface area contributed by atoms with Crippen LogP contribution in [0.5, 0.6) is 0 Å². The number of amides is 1. The Balaban J connectivity index is 1.74. The molecule has 0 atom stereocenters. The van der Waals surface area contributed by atoms with E-state index < -0.39 is 6.04 Å². The van der Waals surface area contributed by atoms with Crippen molar-refractivity contribution in [1.82, 2.24) is 10.3 Å². The summed E-state index contributed by atoms with van der Waals surface area (Å²) in [5.74, 6) is -0.171. The van der Waals surface area contributed by atoms with Gasteiger partial charge < -0.3 is 20.8 Å². The van der Waals surface area contributed by atoms with Crippen LogP contribution in [0, 0.1) is 0 Å². The van der Waals surface area contributed by atoms with Crippen molar-refractivity contribution in [1.29, 1.82) is 0 Å². The second-order valence-corrected chi connectivity index (χ2v) is 7.68. The monoisotopic (exact) mass is 413 g/mol. The molecule has 1 aromatic heterocycles. The highest BCUT2D eigenvalue weighted by Crippen LogP contribution is 2.31. The van der Waals surface area contributed by atoms with Crippen LogP contribution in [-0.2, 0) is 4.79 Å². The molecule has 0 bridgehead atoms. The first-order chi connectivity index (χ1) is 14.0. The lowest BCUT2D eigenvalue weighted by atomic mass is 10.00. The van der Waals surface area contributed by atoms with Gasteiger partial charge in [0.2, 0.25) is 5.91 Å². The standard InChI is InChI=1S/C21H23N3O4S/c1-13(27)23-21-24-18-6-5-15(10-20(18)29-21)14-3-2-4-16(9-14)19(28)7-8-22-17(11-25)12-26/h2-6,9-10,17,22,25-26H,7-8,11-12H2,1H3,(H,23,24,27). The van der Waals surface area contributed by atoms with Crippen LogP contribution in [0.25, 0.3) is 21.3 Å². The van der Waals surface area contributed by atoms with Crippen LogP contribution in [0.2, 0.25) is 0 Å². The summed E-state index contributed by atoms with van der Waals surface area (Å²) >= 11 is 1.40. The molecule has 152 valence electrons. The molecule has 1 amide bonds. The molecule has 0 fully saturated rings. The largest absolute Gasteiger partial charge is 0.395 e. The highest BCUT2D eigenvalue weighted by molar-refractivity contribution is 7.22. The smallest absolute Gasteiger partial charge is 0.223 e. The number of carbonyl (C=O) groups is 2. The number of hydrogen-bond acceptors (Lipinski definition) is 7. The van der Waals surface area contributed by atoms with E-state index in [9.17, 15) is 9.59 Å². The zero-order valence-electron chi connectivity index (χ0n) is 16.0. The highest BCUT2D eigenvalue weighted by atomic mass is 32.1. The third kappa shape index (κ3) is 5.45. The van der Waals surface area contributed by atoms with Gasteiger partial charge in [0.25, 0.3) is 0 Å². The van der Waals surface area contributed by atoms with E-state index in [0.717, 1.165) is 21.3 Å². The van der Waals surface area contributed by atoms with Crippen molar-refractivity contribution in [3.8, 4) is 11.1 Å². The molecular weight excluding hydrogens is 390 g/mol. The van der Waals surface area contributed by atoms with E-state index >= 15 is 0 Å². The van der Waals surface area contributed by atoms with Gasteiger partial charge in [-0.3, -0.25) is 9.59 Å². The Morgan fingerprint density at radius 2 is 1.86 bits per heavy atom. The predicted octanol–water partition coefficient (Wildman–Crippen LogP) is 2.44. The summed E-state index contributed by atoms with van der Waals surface area (Å²) in [6.07, 6.45) is 0.272. The lowest BCUT2D eigenvalue weighted by molar-refractivity contribution is -0.114. The molecule has 1 heterocycles. The molecule has 7 nitrogen and oxygen atoms in total. The number of anilines is 1. The zero-order chi connectivity index (χ0) is 20.8. The van der Waals surface area contributed by atoms with Gasteiger partial charge in [0.15, 0.2) is 10.9 Å². The summed E-state index contributed by atoms with van der Waals surface area (Å²) in [5.41, 5.74) is 3.30. The number of Topliss-reactive ketones (excluding diaryl/α,β-unsaturated/α-hetero) is 1. The molecular formula is C21H23N3O4S. The fourth-order valence-corrected chi connectivity index (χ4v) is 3.85. The van der Waals surface area contributed by atoms with E-state index in [1.54, 1.807) is 6.07 Å².